The Bertz CT molecular complexity index is 1800. The summed E-state index contributed by atoms with van der Waals surface area (Å²) in [5, 5.41) is 0. The van der Waals surface area contributed by atoms with Crippen molar-refractivity contribution in [3.63, 3.8) is 0 Å². The van der Waals surface area contributed by atoms with E-state index in [9.17, 15) is 19.2 Å². The van der Waals surface area contributed by atoms with Crippen LogP contribution in [0.3, 0.4) is 0 Å². The molecule has 4 unspecified atom stereocenters. The second-order valence-corrected chi connectivity index (χ2v) is 18.7. The molecule has 0 amide bonds. The Morgan fingerprint density at radius 2 is 0.984 bits per heavy atom. The molecule has 2 N–H and O–H groups in total. The average Bonchev–Trinajstić information content (AvgIpc) is 3.20. The van der Waals surface area contributed by atoms with Crippen LogP contribution in [0.5, 0.6) is 0 Å². The first-order chi connectivity index (χ1) is 29.1. The van der Waals surface area contributed by atoms with Crippen LogP contribution in [-0.4, -0.2) is 41.8 Å². The van der Waals surface area contributed by atoms with Gasteiger partial charge in [-0.25, -0.2) is 0 Å². The van der Waals surface area contributed by atoms with Gasteiger partial charge in [-0.3, -0.25) is 19.2 Å². The molecule has 2 aliphatic rings. The monoisotopic (exact) mass is 886 g/mol. The highest BCUT2D eigenvalue weighted by Gasteiger charge is 2.41. The number of esters is 2. The normalized spacial score (nSPS) is 21.4. The minimum Gasteiger partial charge on any atom is -0.454 e. The van der Waals surface area contributed by atoms with Gasteiger partial charge in [0.25, 0.3) is 0 Å². The third-order valence-electron chi connectivity index (χ3n) is 11.9. The molecule has 7 nitrogen and oxygen atoms in total. The Labute approximate surface area is 387 Å². The maximum Gasteiger partial charge on any atom is 0.323 e. The number of carbonyl (C=O) groups is 4. The average molecular weight is 887 g/mol. The lowest BCUT2D eigenvalue weighted by Gasteiger charge is -2.36. The molecule has 0 saturated carbocycles. The maximum atomic E-state index is 13.3. The van der Waals surface area contributed by atoms with Gasteiger partial charge in [-0.05, 0) is 87.5 Å². The minimum atomic E-state index is -0.811. The molecule has 2 rings (SSSR count). The third kappa shape index (κ3) is 19.1. The number of Topliss-reactive ketones (excluding diaryl/α,β-unsaturated/α-hetero) is 2. The first-order valence-electron chi connectivity index (χ1n) is 22.9. The Morgan fingerprint density at radius 1 is 0.619 bits per heavy atom. The summed E-state index contributed by atoms with van der Waals surface area (Å²) >= 11 is 0. The van der Waals surface area contributed by atoms with Gasteiger partial charge >= 0.3 is 11.9 Å². The van der Waals surface area contributed by atoms with E-state index in [1.165, 1.54) is 0 Å². The number of rotatable bonds is 22. The molecule has 0 aromatic carbocycles. The van der Waals surface area contributed by atoms with E-state index in [1.54, 1.807) is 0 Å². The Morgan fingerprint density at radius 3 is 1.40 bits per heavy atom. The van der Waals surface area contributed by atoms with E-state index in [0.717, 1.165) is 78.4 Å². The van der Waals surface area contributed by atoms with Gasteiger partial charge in [0.1, 0.15) is 6.04 Å². The fraction of sp³-hybridized carbons (Fsp3) is 0.527. The minimum absolute atomic E-state index is 0. The van der Waals surface area contributed by atoms with E-state index in [4.69, 9.17) is 15.2 Å². The zero-order chi connectivity index (χ0) is 46.6. The number of unbranched alkanes of at least 4 members (excludes halogenated alkanes) is 4. The summed E-state index contributed by atoms with van der Waals surface area (Å²) in [5.74, 6) is -1.23. The molecular weight excluding hydrogens is 806 g/mol. The number of hydrogen-bond acceptors (Lipinski definition) is 7. The van der Waals surface area contributed by atoms with Crippen molar-refractivity contribution in [1.82, 2.24) is 0 Å². The second kappa shape index (κ2) is 27.8. The van der Waals surface area contributed by atoms with E-state index in [2.05, 4.69) is 79.7 Å². The van der Waals surface area contributed by atoms with E-state index in [0.29, 0.717) is 30.4 Å². The van der Waals surface area contributed by atoms with Gasteiger partial charge in [-0.15, -0.1) is 12.4 Å². The number of nitrogens with two attached hydrogens (primary N) is 1. The highest BCUT2D eigenvalue weighted by atomic mass is 35.5. The van der Waals surface area contributed by atoms with Crippen LogP contribution in [0.4, 0.5) is 0 Å². The molecule has 0 aromatic rings. The van der Waals surface area contributed by atoms with Crippen molar-refractivity contribution in [2.24, 2.45) is 22.5 Å². The molecule has 2 aliphatic carbocycles. The third-order valence-corrected chi connectivity index (χ3v) is 11.9. The zero-order valence-corrected chi connectivity index (χ0v) is 41.7. The van der Waals surface area contributed by atoms with Crippen molar-refractivity contribution in [3.8, 4) is 0 Å². The lowest BCUT2D eigenvalue weighted by atomic mass is 9.71. The molecule has 0 fully saturated rings. The first-order valence-corrected chi connectivity index (χ1v) is 22.9. The van der Waals surface area contributed by atoms with E-state index < -0.39 is 24.2 Å². The van der Waals surface area contributed by atoms with Crippen LogP contribution in [0, 0.1) is 16.7 Å². The molecule has 348 valence electrons. The molecule has 8 heteroatoms. The highest BCUT2D eigenvalue weighted by molar-refractivity contribution is 6.02. The summed E-state index contributed by atoms with van der Waals surface area (Å²) < 4.78 is 11.4. The van der Waals surface area contributed by atoms with Crippen LogP contribution in [0.15, 0.2) is 130 Å². The Kier molecular flexibility index (Phi) is 25.0. The summed E-state index contributed by atoms with van der Waals surface area (Å²) in [6.07, 6.45) is 35.3. The molecule has 4 atom stereocenters. The summed E-state index contributed by atoms with van der Waals surface area (Å²) in [6.45, 7) is 26.3. The SMILES string of the molecule is CCCCCC(C)C(=O)OC1CC(C)(C)C(/C=C/C(C)=C/C=C/C(C)=C/C=C/C=C(C)/C=C/C=C(C)/C=C/C2=C(C)C(=O)C(OC(=O)C(N)CCCCC)CC2(C)C)=C(C)C1=O.Cl. The number of allylic oxidation sites excluding steroid dienone is 20. The Balaban J connectivity index is 0.0000198. The quantitative estimate of drug-likeness (QED) is 0.0654. The fourth-order valence-corrected chi connectivity index (χ4v) is 7.79. The van der Waals surface area contributed by atoms with Gasteiger partial charge in [0.05, 0.1) is 5.92 Å². The van der Waals surface area contributed by atoms with Crippen molar-refractivity contribution in [1.29, 1.82) is 0 Å². The van der Waals surface area contributed by atoms with Crippen LogP contribution < -0.4 is 5.73 Å². The van der Waals surface area contributed by atoms with Gasteiger partial charge < -0.3 is 15.2 Å². The van der Waals surface area contributed by atoms with E-state index in [1.807, 2.05) is 95.4 Å². The van der Waals surface area contributed by atoms with Crippen molar-refractivity contribution >= 4 is 35.9 Å². The molecule has 0 spiro atoms. The molecule has 0 bridgehead atoms. The van der Waals surface area contributed by atoms with Gasteiger partial charge in [-0.1, -0.05) is 194 Å². The van der Waals surface area contributed by atoms with Crippen molar-refractivity contribution in [3.05, 3.63) is 130 Å². The maximum absolute atomic E-state index is 13.3. The number of ketones is 2. The van der Waals surface area contributed by atoms with Crippen LogP contribution in [0.25, 0.3) is 0 Å². The summed E-state index contributed by atoms with van der Waals surface area (Å²) in [6, 6.07) is -0.703. The summed E-state index contributed by atoms with van der Waals surface area (Å²) in [7, 11) is 0. The first kappa shape index (κ1) is 56.7. The lowest BCUT2D eigenvalue weighted by molar-refractivity contribution is -0.159. The van der Waals surface area contributed by atoms with Crippen molar-refractivity contribution < 1.29 is 28.7 Å². The van der Waals surface area contributed by atoms with Crippen LogP contribution in [-0.2, 0) is 28.7 Å². The second-order valence-electron chi connectivity index (χ2n) is 18.7. The number of halogens is 1. The topological polar surface area (TPSA) is 113 Å². The number of ether oxygens (including phenoxy) is 2. The highest BCUT2D eigenvalue weighted by Crippen LogP contribution is 2.42. The van der Waals surface area contributed by atoms with Crippen LogP contribution in [0.1, 0.15) is 154 Å². The van der Waals surface area contributed by atoms with Crippen LogP contribution >= 0.6 is 12.4 Å². The number of carbonyl (C=O) groups excluding carboxylic acids is 4. The van der Waals surface area contributed by atoms with E-state index in [-0.39, 0.29) is 46.7 Å². The fourth-order valence-electron chi connectivity index (χ4n) is 7.79. The van der Waals surface area contributed by atoms with Gasteiger partial charge in [0.2, 0.25) is 0 Å². The van der Waals surface area contributed by atoms with Gasteiger partial charge in [-0.2, -0.15) is 0 Å². The number of hydrogen-bond donors (Lipinski definition) is 1. The Hall–Kier alpha value is -4.33. The summed E-state index contributed by atoms with van der Waals surface area (Å²) in [5.41, 5.74) is 12.9. The predicted molar refractivity (Wildman–Crippen MR) is 265 cm³/mol. The molecule has 63 heavy (non-hydrogen) atoms. The van der Waals surface area contributed by atoms with Gasteiger partial charge in [0.15, 0.2) is 23.8 Å². The molecule has 0 radical (unpaired) electrons. The largest absolute Gasteiger partial charge is 0.454 e. The predicted octanol–water partition coefficient (Wildman–Crippen LogP) is 13.6. The standard InChI is InChI=1S/C55H79NO6.ClH/c1-14-16-18-30-42(7)52(59)61-48-36-54(10,11)45(43(8)50(48)57)34-32-40(5)28-22-26-38(3)24-20-21-25-39(4)27-23-29-41(6)33-35-46-44(9)51(58)49(37-55(46,12)13)62-53(60)47(56)31-19-17-15-2;/h20-29,32-35,42,47-49H,14-19,30-31,36-37,56H2,1-13H3;1H/b21-20+,26-22+,27-23+,34-32+,35-33+,38-24+,39-25+,40-28+,41-29+;. The van der Waals surface area contributed by atoms with E-state index >= 15 is 0 Å². The van der Waals surface area contributed by atoms with Crippen molar-refractivity contribution in [2.45, 2.75) is 172 Å². The molecule has 0 aliphatic heterocycles. The zero-order valence-electron chi connectivity index (χ0n) is 40.9. The summed E-state index contributed by atoms with van der Waals surface area (Å²) in [4.78, 5) is 51.9. The smallest absolute Gasteiger partial charge is 0.323 e. The molecule has 0 heterocycles. The van der Waals surface area contributed by atoms with Gasteiger partial charge in [0, 0.05) is 12.8 Å². The molecule has 0 aromatic heterocycles. The molecule has 0 saturated heterocycles. The lowest BCUT2D eigenvalue weighted by Crippen LogP contribution is -2.42. The van der Waals surface area contributed by atoms with Crippen molar-refractivity contribution in [2.75, 3.05) is 0 Å². The van der Waals surface area contributed by atoms with Crippen LogP contribution in [0.2, 0.25) is 0 Å². The molecular formula is C55H80ClNO6.